The second-order valence-electron chi connectivity index (χ2n) is 5.43. The number of hydrogen-bond donors (Lipinski definition) is 1. The molecule has 1 aliphatic heterocycles. The number of nitrogens with zero attached hydrogens (tertiary/aromatic N) is 2. The summed E-state index contributed by atoms with van der Waals surface area (Å²) in [6.45, 7) is 8.31. The van der Waals surface area contributed by atoms with Gasteiger partial charge in [0, 0.05) is 24.7 Å². The fourth-order valence-corrected chi connectivity index (χ4v) is 2.57. The van der Waals surface area contributed by atoms with Crippen molar-refractivity contribution in [1.82, 2.24) is 15.1 Å². The Hall–Kier alpha value is -0.120. The van der Waals surface area contributed by atoms with Crippen LogP contribution in [0.15, 0.2) is 0 Å². The normalized spacial score (nSPS) is 27.2. The molecule has 1 heterocycles. The fraction of sp³-hybridized carbons (Fsp3) is 1.00. The van der Waals surface area contributed by atoms with E-state index in [1.165, 1.54) is 25.9 Å². The average Bonchev–Trinajstić information content (AvgIpc) is 2.15. The Bertz CT molecular complexity index is 189. The van der Waals surface area contributed by atoms with Gasteiger partial charge >= 0.3 is 0 Å². The van der Waals surface area contributed by atoms with Crippen LogP contribution < -0.4 is 5.32 Å². The smallest absolute Gasteiger partial charge is 0.0306 e. The van der Waals surface area contributed by atoms with Crippen LogP contribution >= 0.6 is 0 Å². The molecule has 0 aliphatic carbocycles. The van der Waals surface area contributed by atoms with Crippen molar-refractivity contribution in [3.63, 3.8) is 0 Å². The molecule has 3 nitrogen and oxygen atoms in total. The summed E-state index contributed by atoms with van der Waals surface area (Å²) in [7, 11) is 6.38. The highest BCUT2D eigenvalue weighted by atomic mass is 15.2. The molecule has 0 radical (unpaired) electrons. The number of likely N-dealkylation sites (N-methyl/N-ethyl adjacent to an activating group) is 2. The molecule has 0 spiro atoms. The number of hydrogen-bond acceptors (Lipinski definition) is 3. The maximum Gasteiger partial charge on any atom is 0.0306 e. The first kappa shape index (κ1) is 12.9. The molecule has 0 aromatic rings. The largest absolute Gasteiger partial charge is 0.315 e. The van der Waals surface area contributed by atoms with Gasteiger partial charge in [0.1, 0.15) is 0 Å². The SMILES string of the molecule is CNC1CCCN(CCN(C)C)C1(C)C. The van der Waals surface area contributed by atoms with E-state index in [0.717, 1.165) is 6.54 Å². The maximum absolute atomic E-state index is 3.46. The Kier molecular flexibility index (Phi) is 4.56. The number of piperidine rings is 1. The van der Waals surface area contributed by atoms with Crippen molar-refractivity contribution in [1.29, 1.82) is 0 Å². The van der Waals surface area contributed by atoms with Gasteiger partial charge in [-0.05, 0) is 54.4 Å². The van der Waals surface area contributed by atoms with E-state index in [9.17, 15) is 0 Å². The van der Waals surface area contributed by atoms with E-state index in [2.05, 4.69) is 50.1 Å². The molecule has 90 valence electrons. The molecule has 0 amide bonds. The van der Waals surface area contributed by atoms with Gasteiger partial charge in [0.2, 0.25) is 0 Å². The van der Waals surface area contributed by atoms with Gasteiger partial charge in [0.25, 0.3) is 0 Å². The van der Waals surface area contributed by atoms with E-state index in [1.54, 1.807) is 0 Å². The summed E-state index contributed by atoms with van der Waals surface area (Å²) in [6, 6.07) is 0.633. The summed E-state index contributed by atoms with van der Waals surface area (Å²) in [5.41, 5.74) is 0.295. The first-order chi connectivity index (χ1) is 6.98. The quantitative estimate of drug-likeness (QED) is 0.752. The topological polar surface area (TPSA) is 18.5 Å². The Labute approximate surface area is 94.8 Å². The zero-order valence-electron chi connectivity index (χ0n) is 11.0. The van der Waals surface area contributed by atoms with Crippen LogP contribution in [0.1, 0.15) is 26.7 Å². The Morgan fingerprint density at radius 1 is 1.40 bits per heavy atom. The summed E-state index contributed by atoms with van der Waals surface area (Å²) in [5, 5.41) is 3.46. The van der Waals surface area contributed by atoms with E-state index in [4.69, 9.17) is 0 Å². The standard InChI is InChI=1S/C12H27N3/c1-12(2)11(13-3)7-6-8-15(12)10-9-14(4)5/h11,13H,6-10H2,1-5H3. The van der Waals surface area contributed by atoms with E-state index in [0.29, 0.717) is 11.6 Å². The highest BCUT2D eigenvalue weighted by Crippen LogP contribution is 2.27. The Morgan fingerprint density at radius 2 is 2.07 bits per heavy atom. The highest BCUT2D eigenvalue weighted by Gasteiger charge is 2.37. The lowest BCUT2D eigenvalue weighted by Gasteiger charge is -2.48. The minimum atomic E-state index is 0.295. The second-order valence-corrected chi connectivity index (χ2v) is 5.43. The molecule has 15 heavy (non-hydrogen) atoms. The first-order valence-electron chi connectivity index (χ1n) is 6.05. The molecular formula is C12H27N3. The van der Waals surface area contributed by atoms with Crippen LogP contribution in [-0.4, -0.2) is 62.2 Å². The van der Waals surface area contributed by atoms with Crippen LogP contribution in [0.5, 0.6) is 0 Å². The summed E-state index contributed by atoms with van der Waals surface area (Å²) in [6.07, 6.45) is 2.63. The number of rotatable bonds is 4. The zero-order chi connectivity index (χ0) is 11.5. The molecule has 1 unspecified atom stereocenters. The van der Waals surface area contributed by atoms with E-state index < -0.39 is 0 Å². The lowest BCUT2D eigenvalue weighted by atomic mass is 9.85. The minimum Gasteiger partial charge on any atom is -0.315 e. The summed E-state index contributed by atoms with van der Waals surface area (Å²) >= 11 is 0. The zero-order valence-corrected chi connectivity index (χ0v) is 11.0. The molecule has 1 rings (SSSR count). The van der Waals surface area contributed by atoms with Crippen molar-refractivity contribution in [2.24, 2.45) is 0 Å². The molecule has 1 atom stereocenters. The maximum atomic E-state index is 3.46. The summed E-state index contributed by atoms with van der Waals surface area (Å²) in [4.78, 5) is 4.89. The van der Waals surface area contributed by atoms with Crippen molar-refractivity contribution in [3.8, 4) is 0 Å². The molecule has 1 fully saturated rings. The van der Waals surface area contributed by atoms with Gasteiger partial charge in [0.05, 0.1) is 0 Å². The predicted octanol–water partition coefficient (Wildman–Crippen LogP) is 1.01. The lowest BCUT2D eigenvalue weighted by molar-refractivity contribution is 0.0408. The third-order valence-corrected chi connectivity index (χ3v) is 3.75. The Balaban J connectivity index is 2.54. The highest BCUT2D eigenvalue weighted by molar-refractivity contribution is 4.96. The van der Waals surface area contributed by atoms with Gasteiger partial charge in [-0.1, -0.05) is 0 Å². The van der Waals surface area contributed by atoms with Crippen molar-refractivity contribution >= 4 is 0 Å². The summed E-state index contributed by atoms with van der Waals surface area (Å²) < 4.78 is 0. The van der Waals surface area contributed by atoms with Gasteiger partial charge in [0.15, 0.2) is 0 Å². The van der Waals surface area contributed by atoms with Crippen LogP contribution in [0.3, 0.4) is 0 Å². The lowest BCUT2D eigenvalue weighted by Crippen LogP contribution is -2.61. The molecule has 3 heteroatoms. The molecule has 0 saturated carbocycles. The molecule has 0 bridgehead atoms. The molecule has 1 aliphatic rings. The number of nitrogens with one attached hydrogen (secondary N) is 1. The van der Waals surface area contributed by atoms with Gasteiger partial charge in [-0.15, -0.1) is 0 Å². The molecular weight excluding hydrogens is 186 g/mol. The van der Waals surface area contributed by atoms with Gasteiger partial charge in [-0.3, -0.25) is 4.90 Å². The van der Waals surface area contributed by atoms with Crippen LogP contribution in [0.25, 0.3) is 0 Å². The van der Waals surface area contributed by atoms with Crippen LogP contribution in [0.4, 0.5) is 0 Å². The van der Waals surface area contributed by atoms with Crippen molar-refractivity contribution in [2.45, 2.75) is 38.3 Å². The molecule has 1 N–H and O–H groups in total. The van der Waals surface area contributed by atoms with Gasteiger partial charge in [-0.25, -0.2) is 0 Å². The van der Waals surface area contributed by atoms with Crippen molar-refractivity contribution in [3.05, 3.63) is 0 Å². The third-order valence-electron chi connectivity index (χ3n) is 3.75. The number of likely N-dealkylation sites (tertiary alicyclic amines) is 1. The van der Waals surface area contributed by atoms with Crippen LogP contribution in [0.2, 0.25) is 0 Å². The fourth-order valence-electron chi connectivity index (χ4n) is 2.57. The molecule has 1 saturated heterocycles. The van der Waals surface area contributed by atoms with E-state index in [-0.39, 0.29) is 0 Å². The first-order valence-corrected chi connectivity index (χ1v) is 6.05. The Morgan fingerprint density at radius 3 is 2.60 bits per heavy atom. The van der Waals surface area contributed by atoms with E-state index in [1.807, 2.05) is 0 Å². The second kappa shape index (κ2) is 5.28. The van der Waals surface area contributed by atoms with Gasteiger partial charge in [-0.2, -0.15) is 0 Å². The minimum absolute atomic E-state index is 0.295. The third kappa shape index (κ3) is 3.16. The van der Waals surface area contributed by atoms with Crippen molar-refractivity contribution in [2.75, 3.05) is 40.8 Å². The monoisotopic (exact) mass is 213 g/mol. The summed E-state index contributed by atoms with van der Waals surface area (Å²) in [5.74, 6) is 0. The van der Waals surface area contributed by atoms with Gasteiger partial charge < -0.3 is 10.2 Å². The van der Waals surface area contributed by atoms with E-state index >= 15 is 0 Å². The molecule has 0 aromatic heterocycles. The van der Waals surface area contributed by atoms with Crippen LogP contribution in [0, 0.1) is 0 Å². The predicted molar refractivity (Wildman–Crippen MR) is 66.3 cm³/mol. The average molecular weight is 213 g/mol. The van der Waals surface area contributed by atoms with Crippen LogP contribution in [-0.2, 0) is 0 Å². The van der Waals surface area contributed by atoms with Crippen molar-refractivity contribution < 1.29 is 0 Å². The molecule has 0 aromatic carbocycles.